The molecule has 3 aromatic carbocycles. The molecule has 280 valence electrons. The van der Waals surface area contributed by atoms with E-state index in [4.69, 9.17) is 16.3 Å². The number of aryl methyl sites for hydroxylation is 1. The van der Waals surface area contributed by atoms with Crippen LogP contribution >= 0.6 is 35.3 Å². The largest absolute Gasteiger partial charge is 0.480 e. The average molecular weight is 790 g/mol. The first-order chi connectivity index (χ1) is 24.9. The van der Waals surface area contributed by atoms with E-state index in [1.165, 1.54) is 34.2 Å². The van der Waals surface area contributed by atoms with Crippen molar-refractivity contribution in [3.8, 4) is 0 Å². The highest BCUT2D eigenvalue weighted by Gasteiger charge is 2.37. The van der Waals surface area contributed by atoms with Gasteiger partial charge in [0.1, 0.15) is 17.0 Å². The number of amides is 1. The van der Waals surface area contributed by atoms with Crippen molar-refractivity contribution in [2.24, 2.45) is 0 Å². The molecule has 4 atom stereocenters. The number of nitrogens with one attached hydrogen (secondary N) is 4. The number of carbonyl (C=O) groups excluding carboxylic acids is 2. The summed E-state index contributed by atoms with van der Waals surface area (Å²) in [4.78, 5) is 39.4. The van der Waals surface area contributed by atoms with E-state index >= 15 is 0 Å². The molecule has 2 aliphatic rings. The third kappa shape index (κ3) is 10.6. The molecule has 52 heavy (non-hydrogen) atoms. The van der Waals surface area contributed by atoms with Crippen LogP contribution in [0.5, 0.6) is 0 Å². The van der Waals surface area contributed by atoms with Crippen molar-refractivity contribution in [2.45, 2.75) is 85.9 Å². The number of carboxylic acid groups (broad SMARTS) is 1. The molecular formula is C36H44ClN5O7S3. The first-order valence-electron chi connectivity index (χ1n) is 17.1. The second-order valence-electron chi connectivity index (χ2n) is 12.6. The third-order valence-electron chi connectivity index (χ3n) is 8.79. The van der Waals surface area contributed by atoms with E-state index in [9.17, 15) is 27.9 Å². The van der Waals surface area contributed by atoms with Gasteiger partial charge in [-0.2, -0.15) is 11.8 Å². The molecule has 0 spiro atoms. The van der Waals surface area contributed by atoms with E-state index < -0.39 is 40.1 Å². The second-order valence-corrected chi connectivity index (χ2v) is 16.6. The number of fused-ring (bicyclic) bond motifs is 1. The molecule has 1 fully saturated rings. The minimum absolute atomic E-state index is 0.000656. The zero-order valence-corrected chi connectivity index (χ0v) is 32.2. The van der Waals surface area contributed by atoms with Crippen LogP contribution in [-0.4, -0.2) is 79.5 Å². The maximum Gasteiger partial charge on any atom is 0.326 e. The van der Waals surface area contributed by atoms with E-state index in [-0.39, 0.29) is 35.1 Å². The lowest BCUT2D eigenvalue weighted by atomic mass is 10.1. The first kappa shape index (κ1) is 39.9. The van der Waals surface area contributed by atoms with Gasteiger partial charge in [-0.25, -0.2) is 22.7 Å². The molecule has 3 aromatic rings. The van der Waals surface area contributed by atoms with Crippen molar-refractivity contribution in [3.05, 3.63) is 88.4 Å². The molecule has 1 saturated heterocycles. The Labute approximate surface area is 318 Å². The summed E-state index contributed by atoms with van der Waals surface area (Å²) in [6.07, 6.45) is 2.76. The average Bonchev–Trinajstić information content (AvgIpc) is 3.64. The van der Waals surface area contributed by atoms with Crippen LogP contribution in [0, 0.1) is 0 Å². The molecule has 1 amide bonds. The number of carbonyl (C=O) groups is 3. The maximum absolute atomic E-state index is 13.3. The molecule has 0 saturated carbocycles. The molecule has 2 aliphatic heterocycles. The normalized spacial score (nSPS) is 18.2. The number of aliphatic carboxylic acids is 1. The van der Waals surface area contributed by atoms with Crippen LogP contribution in [0.1, 0.15) is 49.8 Å². The number of thioether (sulfide) groups is 1. The zero-order chi connectivity index (χ0) is 37.3. The number of hydrogen-bond acceptors (Lipinski definition) is 11. The summed E-state index contributed by atoms with van der Waals surface area (Å²) in [5.41, 5.74) is 3.74. The Kier molecular flexibility index (Phi) is 14.3. The van der Waals surface area contributed by atoms with Crippen molar-refractivity contribution in [3.63, 3.8) is 0 Å². The van der Waals surface area contributed by atoms with Gasteiger partial charge in [0.25, 0.3) is 0 Å². The van der Waals surface area contributed by atoms with Gasteiger partial charge >= 0.3 is 11.9 Å². The SMILES string of the molecule is CCOC(=O)[C@@H](CSCc1ccc(CNS(=O)(=O)c2cc3c(cc2Cl)N[C@H](CCc2ccccc2)NS3)cc1)NC(C)C(=O)N1CCC[C@H]1C(=O)O. The molecule has 5 rings (SSSR count). The zero-order valence-electron chi connectivity index (χ0n) is 29.0. The highest BCUT2D eigenvalue weighted by molar-refractivity contribution is 7.98. The number of carboxylic acids is 1. The van der Waals surface area contributed by atoms with Crippen molar-refractivity contribution in [1.82, 2.24) is 19.7 Å². The lowest BCUT2D eigenvalue weighted by Crippen LogP contribution is -2.54. The monoisotopic (exact) mass is 789 g/mol. The van der Waals surface area contributed by atoms with Gasteiger partial charge in [-0.1, -0.05) is 66.2 Å². The summed E-state index contributed by atoms with van der Waals surface area (Å²) in [5, 5.41) is 16.1. The lowest BCUT2D eigenvalue weighted by molar-refractivity contribution is -0.150. The fraction of sp³-hybridized carbons (Fsp3) is 0.417. The molecule has 1 unspecified atom stereocenters. The van der Waals surface area contributed by atoms with Gasteiger partial charge in [0.15, 0.2) is 0 Å². The highest BCUT2D eigenvalue weighted by Crippen LogP contribution is 2.37. The lowest BCUT2D eigenvalue weighted by Gasteiger charge is -2.28. The minimum atomic E-state index is -3.92. The molecule has 2 heterocycles. The minimum Gasteiger partial charge on any atom is -0.480 e. The van der Waals surface area contributed by atoms with Crippen LogP contribution in [0.4, 0.5) is 5.69 Å². The van der Waals surface area contributed by atoms with E-state index in [2.05, 4.69) is 32.2 Å². The third-order valence-corrected chi connectivity index (χ3v) is 12.7. The quantitative estimate of drug-likeness (QED) is 0.0918. The molecule has 16 heteroatoms. The van der Waals surface area contributed by atoms with Crippen LogP contribution in [-0.2, 0) is 47.9 Å². The van der Waals surface area contributed by atoms with Crippen molar-refractivity contribution < 1.29 is 32.6 Å². The summed E-state index contributed by atoms with van der Waals surface area (Å²) in [6.45, 7) is 3.95. The fourth-order valence-corrected chi connectivity index (χ4v) is 9.53. The Morgan fingerprint density at radius 3 is 2.54 bits per heavy atom. The summed E-state index contributed by atoms with van der Waals surface area (Å²) in [5.74, 6) is -1.01. The van der Waals surface area contributed by atoms with Crippen LogP contribution in [0.25, 0.3) is 0 Å². The van der Waals surface area contributed by atoms with Crippen LogP contribution in [0.15, 0.2) is 76.5 Å². The number of ether oxygens (including phenoxy) is 1. The molecule has 0 bridgehead atoms. The Balaban J connectivity index is 1.11. The van der Waals surface area contributed by atoms with Crippen LogP contribution in [0.2, 0.25) is 5.02 Å². The number of sulfonamides is 1. The Bertz CT molecular complexity index is 1820. The van der Waals surface area contributed by atoms with Crippen LogP contribution < -0.4 is 20.1 Å². The summed E-state index contributed by atoms with van der Waals surface area (Å²) in [6, 6.07) is 18.5. The number of nitrogens with zero attached hydrogens (tertiary/aromatic N) is 1. The van der Waals surface area contributed by atoms with E-state index in [1.807, 2.05) is 42.5 Å². The van der Waals surface area contributed by atoms with E-state index in [0.29, 0.717) is 30.9 Å². The molecule has 0 radical (unpaired) electrons. The number of anilines is 1. The predicted octanol–water partition coefficient (Wildman–Crippen LogP) is 5.02. The van der Waals surface area contributed by atoms with Gasteiger partial charge in [-0.05, 0) is 80.3 Å². The summed E-state index contributed by atoms with van der Waals surface area (Å²) >= 11 is 9.35. The Hall–Kier alpha value is -3.31. The molecule has 5 N–H and O–H groups in total. The van der Waals surface area contributed by atoms with Crippen molar-refractivity contribution >= 4 is 68.9 Å². The Morgan fingerprint density at radius 2 is 1.83 bits per heavy atom. The number of benzene rings is 3. The van der Waals surface area contributed by atoms with Gasteiger partial charge in [0, 0.05) is 29.5 Å². The second kappa shape index (κ2) is 18.6. The smallest absolute Gasteiger partial charge is 0.326 e. The predicted molar refractivity (Wildman–Crippen MR) is 205 cm³/mol. The summed E-state index contributed by atoms with van der Waals surface area (Å²) < 4.78 is 37.8. The molecule has 12 nitrogen and oxygen atoms in total. The van der Waals surface area contributed by atoms with Gasteiger partial charge in [-0.3, -0.25) is 14.9 Å². The first-order valence-corrected chi connectivity index (χ1v) is 21.0. The number of hydrogen-bond donors (Lipinski definition) is 5. The number of rotatable bonds is 17. The fourth-order valence-electron chi connectivity index (χ4n) is 6.02. The number of halogens is 1. The van der Waals surface area contributed by atoms with Crippen molar-refractivity contribution in [1.29, 1.82) is 0 Å². The van der Waals surface area contributed by atoms with Gasteiger partial charge < -0.3 is 20.1 Å². The highest BCUT2D eigenvalue weighted by atomic mass is 35.5. The van der Waals surface area contributed by atoms with E-state index in [1.54, 1.807) is 26.0 Å². The summed E-state index contributed by atoms with van der Waals surface area (Å²) in [7, 11) is -3.92. The Morgan fingerprint density at radius 1 is 1.10 bits per heavy atom. The number of likely N-dealkylation sites (tertiary alicyclic amines) is 1. The van der Waals surface area contributed by atoms with Crippen LogP contribution in [0.3, 0.4) is 0 Å². The topological polar surface area (TPSA) is 166 Å². The van der Waals surface area contributed by atoms with Gasteiger partial charge in [0.05, 0.1) is 29.5 Å². The maximum atomic E-state index is 13.3. The molecule has 0 aromatic heterocycles. The molecular weight excluding hydrogens is 746 g/mol. The van der Waals surface area contributed by atoms with Gasteiger partial charge in [-0.15, -0.1) is 0 Å². The van der Waals surface area contributed by atoms with E-state index in [0.717, 1.165) is 34.6 Å². The number of esters is 1. The molecule has 0 aliphatic carbocycles. The van der Waals surface area contributed by atoms with Crippen molar-refractivity contribution in [2.75, 3.05) is 24.2 Å². The standard InChI is InChI=1S/C36H44ClN5O7S3/c1-3-49-36(46)29(39-23(2)34(43)42-17-7-10-30(42)35(44)45)22-50-21-26-13-11-25(12-14-26)20-38-52(47,48)32-19-31-28(18-27(32)37)40-33(41-51-31)16-15-24-8-5-4-6-9-24/h4-6,8-9,11-14,18-19,23,29-30,33,38-41H,3,7,10,15-17,20-22H2,1-2H3,(H,44,45)/t23?,29-,30+,33+/m1/s1. The van der Waals surface area contributed by atoms with Gasteiger partial charge in [0.2, 0.25) is 15.9 Å².